The molecular weight excluding hydrogens is 306 g/mol. The number of carbonyl (C=O) groups is 1. The fraction of sp³-hybridized carbons (Fsp3) is 0.529. The highest BCUT2D eigenvalue weighted by Gasteiger charge is 2.22. The van der Waals surface area contributed by atoms with E-state index >= 15 is 0 Å². The van der Waals surface area contributed by atoms with E-state index in [4.69, 9.17) is 0 Å². The second kappa shape index (κ2) is 8.01. The summed E-state index contributed by atoms with van der Waals surface area (Å²) < 4.78 is 0. The minimum Gasteiger partial charge on any atom is -0.396 e. The SMILES string of the molecule is O=C(CCCn1nnc(-c2ccccc2)n1)N1CCCC(CO)C1. The lowest BCUT2D eigenvalue weighted by Crippen LogP contribution is -2.40. The van der Waals surface area contributed by atoms with Crippen molar-refractivity contribution >= 4 is 5.91 Å². The number of aliphatic hydroxyl groups excluding tert-OH is 1. The van der Waals surface area contributed by atoms with Crippen LogP contribution in [0.1, 0.15) is 25.7 Å². The maximum atomic E-state index is 12.3. The minimum atomic E-state index is 0.150. The van der Waals surface area contributed by atoms with Crippen LogP contribution in [0.3, 0.4) is 0 Å². The van der Waals surface area contributed by atoms with Gasteiger partial charge in [0.15, 0.2) is 0 Å². The summed E-state index contributed by atoms with van der Waals surface area (Å²) in [5.74, 6) is 0.980. The first-order valence-electron chi connectivity index (χ1n) is 8.48. The van der Waals surface area contributed by atoms with Crippen LogP contribution in [-0.2, 0) is 11.3 Å². The minimum absolute atomic E-state index is 0.150. The second-order valence-corrected chi connectivity index (χ2v) is 6.21. The van der Waals surface area contributed by atoms with Crippen molar-refractivity contribution < 1.29 is 9.90 Å². The Kier molecular flexibility index (Phi) is 5.53. The van der Waals surface area contributed by atoms with Crippen molar-refractivity contribution in [2.24, 2.45) is 5.92 Å². The van der Waals surface area contributed by atoms with Gasteiger partial charge in [0, 0.05) is 31.7 Å². The fourth-order valence-corrected chi connectivity index (χ4v) is 3.01. The third kappa shape index (κ3) is 4.17. The summed E-state index contributed by atoms with van der Waals surface area (Å²) in [6.45, 7) is 2.21. The Bertz CT molecular complexity index is 658. The molecule has 1 aromatic heterocycles. The number of benzene rings is 1. The van der Waals surface area contributed by atoms with E-state index in [-0.39, 0.29) is 18.4 Å². The molecule has 1 saturated heterocycles. The van der Waals surface area contributed by atoms with E-state index in [9.17, 15) is 9.90 Å². The summed E-state index contributed by atoms with van der Waals surface area (Å²) in [6.07, 6.45) is 3.14. The Hall–Kier alpha value is -2.28. The summed E-state index contributed by atoms with van der Waals surface area (Å²) in [5, 5.41) is 21.7. The highest BCUT2D eigenvalue weighted by atomic mass is 16.3. The number of tetrazole rings is 1. The average Bonchev–Trinajstić information content (AvgIpc) is 3.11. The van der Waals surface area contributed by atoms with E-state index in [1.54, 1.807) is 4.80 Å². The van der Waals surface area contributed by atoms with Crippen molar-refractivity contribution in [3.05, 3.63) is 30.3 Å². The number of aromatic nitrogens is 4. The predicted octanol–water partition coefficient (Wildman–Crippen LogP) is 1.35. The van der Waals surface area contributed by atoms with Crippen molar-refractivity contribution in [1.82, 2.24) is 25.1 Å². The molecule has 2 aromatic rings. The summed E-state index contributed by atoms with van der Waals surface area (Å²) in [6, 6.07) is 9.71. The highest BCUT2D eigenvalue weighted by molar-refractivity contribution is 5.76. The van der Waals surface area contributed by atoms with Crippen LogP contribution in [0.15, 0.2) is 30.3 Å². The number of piperidine rings is 1. The van der Waals surface area contributed by atoms with Crippen LogP contribution >= 0.6 is 0 Å². The largest absolute Gasteiger partial charge is 0.396 e. The van der Waals surface area contributed by atoms with Gasteiger partial charge in [-0.15, -0.1) is 10.2 Å². The Morgan fingerprint density at radius 1 is 1.29 bits per heavy atom. The molecule has 7 heteroatoms. The molecule has 1 N–H and O–H groups in total. The molecule has 0 aliphatic carbocycles. The van der Waals surface area contributed by atoms with Crippen LogP contribution in [-0.4, -0.2) is 55.8 Å². The molecule has 1 atom stereocenters. The number of carbonyl (C=O) groups excluding carboxylic acids is 1. The predicted molar refractivity (Wildman–Crippen MR) is 88.9 cm³/mol. The monoisotopic (exact) mass is 329 g/mol. The van der Waals surface area contributed by atoms with Gasteiger partial charge in [0.2, 0.25) is 11.7 Å². The van der Waals surface area contributed by atoms with Crippen LogP contribution in [0, 0.1) is 5.92 Å². The summed E-state index contributed by atoms with van der Waals surface area (Å²) >= 11 is 0. The van der Waals surface area contributed by atoms with Crippen molar-refractivity contribution in [2.45, 2.75) is 32.2 Å². The molecule has 0 spiro atoms. The molecule has 0 bridgehead atoms. The quantitative estimate of drug-likeness (QED) is 0.865. The molecule has 0 saturated carbocycles. The van der Waals surface area contributed by atoms with Gasteiger partial charge in [-0.1, -0.05) is 30.3 Å². The molecule has 1 unspecified atom stereocenters. The van der Waals surface area contributed by atoms with E-state index in [2.05, 4.69) is 15.4 Å². The van der Waals surface area contributed by atoms with Gasteiger partial charge >= 0.3 is 0 Å². The molecule has 24 heavy (non-hydrogen) atoms. The van der Waals surface area contributed by atoms with Gasteiger partial charge in [-0.05, 0) is 30.4 Å². The van der Waals surface area contributed by atoms with Crippen molar-refractivity contribution in [3.8, 4) is 11.4 Å². The van der Waals surface area contributed by atoms with Gasteiger partial charge < -0.3 is 10.0 Å². The van der Waals surface area contributed by atoms with E-state index in [1.807, 2.05) is 35.2 Å². The zero-order chi connectivity index (χ0) is 16.8. The van der Waals surface area contributed by atoms with E-state index in [0.717, 1.165) is 24.9 Å². The molecule has 1 aromatic carbocycles. The molecule has 2 heterocycles. The van der Waals surface area contributed by atoms with Gasteiger partial charge in [0.05, 0.1) is 6.54 Å². The van der Waals surface area contributed by atoms with Crippen LogP contribution in [0.25, 0.3) is 11.4 Å². The molecular formula is C17H23N5O2. The molecule has 1 fully saturated rings. The first-order chi connectivity index (χ1) is 11.8. The lowest BCUT2D eigenvalue weighted by molar-refractivity contribution is -0.133. The Morgan fingerprint density at radius 3 is 2.92 bits per heavy atom. The zero-order valence-electron chi connectivity index (χ0n) is 13.7. The molecule has 3 rings (SSSR count). The maximum Gasteiger partial charge on any atom is 0.222 e. The van der Waals surface area contributed by atoms with Gasteiger partial charge in [-0.3, -0.25) is 4.79 Å². The standard InChI is InChI=1S/C17H23N5O2/c23-13-14-6-4-10-21(12-14)16(24)9-5-11-22-19-17(18-20-22)15-7-2-1-3-8-15/h1-3,7-8,14,23H,4-6,9-13H2. The van der Waals surface area contributed by atoms with Crippen LogP contribution in [0.2, 0.25) is 0 Å². The molecule has 1 aliphatic heterocycles. The molecule has 1 aliphatic rings. The number of likely N-dealkylation sites (tertiary alicyclic amines) is 1. The average molecular weight is 329 g/mol. The third-order valence-electron chi connectivity index (χ3n) is 4.36. The number of hydrogen-bond acceptors (Lipinski definition) is 5. The topological polar surface area (TPSA) is 84.1 Å². The number of aryl methyl sites for hydroxylation is 1. The second-order valence-electron chi connectivity index (χ2n) is 6.21. The number of aliphatic hydroxyl groups is 1. The molecule has 128 valence electrons. The van der Waals surface area contributed by atoms with Gasteiger partial charge in [-0.2, -0.15) is 4.80 Å². The first-order valence-corrected chi connectivity index (χ1v) is 8.48. The van der Waals surface area contributed by atoms with E-state index < -0.39 is 0 Å². The Balaban J connectivity index is 1.46. The maximum absolute atomic E-state index is 12.3. The van der Waals surface area contributed by atoms with Crippen LogP contribution < -0.4 is 0 Å². The third-order valence-corrected chi connectivity index (χ3v) is 4.36. The summed E-state index contributed by atoms with van der Waals surface area (Å²) in [5.41, 5.74) is 0.934. The van der Waals surface area contributed by atoms with E-state index in [1.165, 1.54) is 0 Å². The Morgan fingerprint density at radius 2 is 2.12 bits per heavy atom. The lowest BCUT2D eigenvalue weighted by Gasteiger charge is -2.31. The fourth-order valence-electron chi connectivity index (χ4n) is 3.01. The van der Waals surface area contributed by atoms with Crippen LogP contribution in [0.5, 0.6) is 0 Å². The Labute approximate surface area is 141 Å². The molecule has 7 nitrogen and oxygen atoms in total. The number of hydrogen-bond donors (Lipinski definition) is 1. The van der Waals surface area contributed by atoms with Crippen molar-refractivity contribution in [1.29, 1.82) is 0 Å². The number of rotatable bonds is 6. The van der Waals surface area contributed by atoms with E-state index in [0.29, 0.717) is 31.8 Å². The zero-order valence-corrected chi connectivity index (χ0v) is 13.7. The van der Waals surface area contributed by atoms with Crippen LogP contribution in [0.4, 0.5) is 0 Å². The number of nitrogens with zero attached hydrogens (tertiary/aromatic N) is 5. The van der Waals surface area contributed by atoms with Crippen molar-refractivity contribution in [3.63, 3.8) is 0 Å². The van der Waals surface area contributed by atoms with Crippen molar-refractivity contribution in [2.75, 3.05) is 19.7 Å². The van der Waals surface area contributed by atoms with Gasteiger partial charge in [0.1, 0.15) is 0 Å². The molecule has 1 amide bonds. The first kappa shape index (κ1) is 16.6. The van der Waals surface area contributed by atoms with Gasteiger partial charge in [-0.25, -0.2) is 0 Å². The summed E-state index contributed by atoms with van der Waals surface area (Å²) in [4.78, 5) is 15.7. The highest BCUT2D eigenvalue weighted by Crippen LogP contribution is 2.17. The number of amides is 1. The smallest absolute Gasteiger partial charge is 0.222 e. The molecule has 0 radical (unpaired) electrons. The van der Waals surface area contributed by atoms with Gasteiger partial charge in [0.25, 0.3) is 0 Å². The summed E-state index contributed by atoms with van der Waals surface area (Å²) in [7, 11) is 0. The normalized spacial score (nSPS) is 17.9. The lowest BCUT2D eigenvalue weighted by atomic mass is 9.99.